The standard InChI is InChI=1S/C7H2F5IN2O3/c8-6(9)4-3(13)5(15(16)17)2(1-14-4)18-7(10,11)12/h1,6H. The third kappa shape index (κ3) is 3.36. The second-order valence-corrected chi connectivity index (χ2v) is 3.85. The molecule has 11 heteroatoms. The second-order valence-electron chi connectivity index (χ2n) is 2.78. The zero-order chi connectivity index (χ0) is 14.1. The van der Waals surface area contributed by atoms with Gasteiger partial charge in [-0.05, 0) is 22.6 Å². The minimum absolute atomic E-state index is 0.245. The van der Waals surface area contributed by atoms with Gasteiger partial charge in [0, 0.05) is 0 Å². The lowest BCUT2D eigenvalue weighted by molar-refractivity contribution is -0.389. The fraction of sp³-hybridized carbons (Fsp3) is 0.286. The molecule has 0 aliphatic heterocycles. The van der Waals surface area contributed by atoms with E-state index in [0.29, 0.717) is 0 Å². The van der Waals surface area contributed by atoms with E-state index in [2.05, 4.69) is 9.72 Å². The molecular formula is C7H2F5IN2O3. The number of ether oxygens (including phenoxy) is 1. The summed E-state index contributed by atoms with van der Waals surface area (Å²) in [5, 5.41) is 10.6. The van der Waals surface area contributed by atoms with Crippen molar-refractivity contribution in [2.45, 2.75) is 12.8 Å². The maximum atomic E-state index is 12.4. The first-order valence-electron chi connectivity index (χ1n) is 4.00. The van der Waals surface area contributed by atoms with Crippen LogP contribution in [0, 0.1) is 13.7 Å². The van der Waals surface area contributed by atoms with E-state index >= 15 is 0 Å². The molecule has 0 N–H and O–H groups in total. The van der Waals surface area contributed by atoms with Gasteiger partial charge in [0.2, 0.25) is 5.75 Å². The highest BCUT2D eigenvalue weighted by molar-refractivity contribution is 14.1. The van der Waals surface area contributed by atoms with Gasteiger partial charge in [-0.2, -0.15) is 0 Å². The summed E-state index contributed by atoms with van der Waals surface area (Å²) in [6, 6.07) is 0. The number of hydrogen-bond acceptors (Lipinski definition) is 4. The summed E-state index contributed by atoms with van der Waals surface area (Å²) in [6.45, 7) is 0. The number of nitro groups is 1. The Balaban J connectivity index is 3.37. The molecule has 5 nitrogen and oxygen atoms in total. The van der Waals surface area contributed by atoms with E-state index in [9.17, 15) is 32.1 Å². The van der Waals surface area contributed by atoms with Gasteiger partial charge < -0.3 is 4.74 Å². The molecule has 0 saturated heterocycles. The molecule has 1 aromatic heterocycles. The Morgan fingerprint density at radius 2 is 2.00 bits per heavy atom. The van der Waals surface area contributed by atoms with Gasteiger partial charge in [0.1, 0.15) is 9.26 Å². The van der Waals surface area contributed by atoms with Gasteiger partial charge in [-0.1, -0.05) is 0 Å². The van der Waals surface area contributed by atoms with E-state index in [0.717, 1.165) is 22.6 Å². The molecule has 0 saturated carbocycles. The maximum absolute atomic E-state index is 12.4. The van der Waals surface area contributed by atoms with E-state index < -0.39 is 38.4 Å². The van der Waals surface area contributed by atoms with Crippen LogP contribution in [0.25, 0.3) is 0 Å². The summed E-state index contributed by atoms with van der Waals surface area (Å²) >= 11 is 1.12. The molecule has 0 aliphatic carbocycles. The minimum Gasteiger partial charge on any atom is -0.397 e. The third-order valence-electron chi connectivity index (χ3n) is 1.60. The molecule has 0 spiro atoms. The minimum atomic E-state index is -5.18. The number of aromatic nitrogens is 1. The van der Waals surface area contributed by atoms with Crippen LogP contribution >= 0.6 is 22.6 Å². The SMILES string of the molecule is O=[N+]([O-])c1c(OC(F)(F)F)cnc(C(F)F)c1I. The van der Waals surface area contributed by atoms with Gasteiger partial charge >= 0.3 is 12.0 Å². The molecule has 0 aromatic carbocycles. The Hall–Kier alpha value is -1.27. The topological polar surface area (TPSA) is 65.3 Å². The highest BCUT2D eigenvalue weighted by Gasteiger charge is 2.37. The number of alkyl halides is 5. The predicted molar refractivity (Wildman–Crippen MR) is 55.2 cm³/mol. The van der Waals surface area contributed by atoms with Crippen molar-refractivity contribution < 1.29 is 31.6 Å². The molecule has 1 rings (SSSR count). The van der Waals surface area contributed by atoms with Gasteiger partial charge in [-0.25, -0.2) is 13.8 Å². The molecule has 0 bridgehead atoms. The van der Waals surface area contributed by atoms with Crippen LogP contribution in [0.4, 0.5) is 27.6 Å². The normalized spacial score (nSPS) is 11.7. The molecule has 1 heterocycles. The lowest BCUT2D eigenvalue weighted by Crippen LogP contribution is -2.18. The lowest BCUT2D eigenvalue weighted by Gasteiger charge is -2.10. The average Bonchev–Trinajstić information content (AvgIpc) is 2.13. The van der Waals surface area contributed by atoms with Gasteiger partial charge in [0.15, 0.2) is 0 Å². The Labute approximate surface area is 109 Å². The smallest absolute Gasteiger partial charge is 0.397 e. The highest BCUT2D eigenvalue weighted by atomic mass is 127. The largest absolute Gasteiger partial charge is 0.573 e. The van der Waals surface area contributed by atoms with Crippen molar-refractivity contribution in [1.29, 1.82) is 0 Å². The molecular weight excluding hydrogens is 382 g/mol. The van der Waals surface area contributed by atoms with Crippen molar-refractivity contribution in [2.75, 3.05) is 0 Å². The summed E-state index contributed by atoms with van der Waals surface area (Å²) in [5.74, 6) is -1.23. The summed E-state index contributed by atoms with van der Waals surface area (Å²) in [4.78, 5) is 12.4. The van der Waals surface area contributed by atoms with Gasteiger partial charge in [-0.15, -0.1) is 13.2 Å². The van der Waals surface area contributed by atoms with Gasteiger partial charge in [-0.3, -0.25) is 10.1 Å². The molecule has 0 radical (unpaired) electrons. The molecule has 100 valence electrons. The van der Waals surface area contributed by atoms with Crippen molar-refractivity contribution in [2.24, 2.45) is 0 Å². The zero-order valence-corrected chi connectivity index (χ0v) is 10.2. The summed E-state index contributed by atoms with van der Waals surface area (Å²) in [7, 11) is 0. The number of halogens is 6. The zero-order valence-electron chi connectivity index (χ0n) is 8.04. The fourth-order valence-corrected chi connectivity index (χ4v) is 1.83. The van der Waals surface area contributed by atoms with Crippen molar-refractivity contribution >= 4 is 28.3 Å². The van der Waals surface area contributed by atoms with Crippen LogP contribution in [0.2, 0.25) is 0 Å². The van der Waals surface area contributed by atoms with Crippen LogP contribution in [-0.4, -0.2) is 16.3 Å². The summed E-state index contributed by atoms with van der Waals surface area (Å²) in [6.07, 6.45) is -8.08. The summed E-state index contributed by atoms with van der Waals surface area (Å²) < 4.78 is 63.3. The first-order chi connectivity index (χ1) is 8.13. The van der Waals surface area contributed by atoms with Crippen molar-refractivity contribution in [3.63, 3.8) is 0 Å². The van der Waals surface area contributed by atoms with E-state index in [1.54, 1.807) is 0 Å². The molecule has 18 heavy (non-hydrogen) atoms. The van der Waals surface area contributed by atoms with E-state index in [1.807, 2.05) is 0 Å². The summed E-state index contributed by atoms with van der Waals surface area (Å²) in [5.41, 5.74) is -2.17. The Morgan fingerprint density at radius 1 is 1.44 bits per heavy atom. The number of nitrogens with zero attached hydrogens (tertiary/aromatic N) is 2. The van der Waals surface area contributed by atoms with Crippen LogP contribution in [0.1, 0.15) is 12.1 Å². The van der Waals surface area contributed by atoms with E-state index in [-0.39, 0.29) is 6.20 Å². The molecule has 0 fully saturated rings. The van der Waals surface area contributed by atoms with Gasteiger partial charge in [0.05, 0.1) is 11.1 Å². The maximum Gasteiger partial charge on any atom is 0.573 e. The van der Waals surface area contributed by atoms with Crippen LogP contribution < -0.4 is 4.74 Å². The molecule has 0 unspecified atom stereocenters. The molecule has 0 atom stereocenters. The van der Waals surface area contributed by atoms with E-state index in [1.165, 1.54) is 0 Å². The first kappa shape index (κ1) is 14.8. The quantitative estimate of drug-likeness (QED) is 0.347. The second kappa shape index (κ2) is 5.16. The van der Waals surface area contributed by atoms with Crippen LogP contribution in [0.5, 0.6) is 5.75 Å². The van der Waals surface area contributed by atoms with Crippen LogP contribution in [-0.2, 0) is 0 Å². The monoisotopic (exact) mass is 384 g/mol. The number of rotatable bonds is 3. The molecule has 0 aliphatic rings. The third-order valence-corrected chi connectivity index (χ3v) is 2.67. The highest BCUT2D eigenvalue weighted by Crippen LogP contribution is 2.38. The number of pyridine rings is 1. The Kier molecular flexibility index (Phi) is 4.24. The Bertz CT molecular complexity index is 479. The van der Waals surface area contributed by atoms with Crippen LogP contribution in [0.3, 0.4) is 0 Å². The van der Waals surface area contributed by atoms with Crippen molar-refractivity contribution in [3.05, 3.63) is 25.6 Å². The molecule has 1 aromatic rings. The van der Waals surface area contributed by atoms with Crippen molar-refractivity contribution in [1.82, 2.24) is 4.98 Å². The Morgan fingerprint density at radius 3 is 2.39 bits per heavy atom. The lowest BCUT2D eigenvalue weighted by atomic mass is 10.3. The van der Waals surface area contributed by atoms with E-state index in [4.69, 9.17) is 0 Å². The van der Waals surface area contributed by atoms with Crippen molar-refractivity contribution in [3.8, 4) is 5.75 Å². The predicted octanol–water partition coefficient (Wildman–Crippen LogP) is 3.43. The fourth-order valence-electron chi connectivity index (χ4n) is 0.997. The average molecular weight is 384 g/mol. The first-order valence-corrected chi connectivity index (χ1v) is 5.08. The van der Waals surface area contributed by atoms with Crippen LogP contribution in [0.15, 0.2) is 6.20 Å². The number of hydrogen-bond donors (Lipinski definition) is 0. The molecule has 0 amide bonds. The van der Waals surface area contributed by atoms with Gasteiger partial charge in [0.25, 0.3) is 6.43 Å².